The number of rotatable bonds is 21. The summed E-state index contributed by atoms with van der Waals surface area (Å²) in [6.07, 6.45) is -8.17. The Morgan fingerprint density at radius 3 is 2.31 bits per heavy atom. The molecule has 9 atom stereocenters. The van der Waals surface area contributed by atoms with Crippen LogP contribution in [0.2, 0.25) is 0 Å². The van der Waals surface area contributed by atoms with Gasteiger partial charge in [-0.15, -0.1) is 0 Å². The summed E-state index contributed by atoms with van der Waals surface area (Å²) >= 11 is 0. The highest BCUT2D eigenvalue weighted by Crippen LogP contribution is 2.50. The van der Waals surface area contributed by atoms with E-state index in [0.29, 0.717) is 32.8 Å². The number of hydrogen-bond donors (Lipinski definition) is 7. The number of alkyl carbamates (subject to hydrolysis) is 1. The summed E-state index contributed by atoms with van der Waals surface area (Å²) in [6, 6.07) is 14.9. The second kappa shape index (κ2) is 23.9. The molecule has 4 unspecified atom stereocenters. The Morgan fingerprint density at radius 1 is 0.909 bits per heavy atom. The lowest BCUT2D eigenvalue weighted by Crippen LogP contribution is -2.46. The number of esters is 1. The molecule has 2 aliphatic heterocycles. The summed E-state index contributed by atoms with van der Waals surface area (Å²) in [5, 5.41) is 19.0. The molecule has 6 aromatic rings. The molecule has 0 spiro atoms. The quantitative estimate of drug-likeness (QED) is 0.0390. The molecule has 32 heteroatoms. The van der Waals surface area contributed by atoms with Crippen LogP contribution < -0.4 is 37.8 Å². The van der Waals surface area contributed by atoms with Gasteiger partial charge in [0.05, 0.1) is 32.1 Å². The first kappa shape index (κ1) is 55.9. The van der Waals surface area contributed by atoms with Crippen molar-refractivity contribution in [3.63, 3.8) is 0 Å². The lowest BCUT2D eigenvalue weighted by Gasteiger charge is -2.30. The number of ether oxygens (including phenoxy) is 4. The van der Waals surface area contributed by atoms with Crippen LogP contribution in [-0.2, 0) is 70.7 Å². The van der Waals surface area contributed by atoms with Crippen LogP contribution in [-0.4, -0.2) is 131 Å². The lowest BCUT2D eigenvalue weighted by molar-refractivity contribution is -0.445. The van der Waals surface area contributed by atoms with Crippen LogP contribution in [0.5, 0.6) is 0 Å². The zero-order valence-corrected chi connectivity index (χ0v) is 42.4. The molecule has 2 aliphatic rings. The maximum atomic E-state index is 14.4. The number of anilines is 4. The third-order valence-electron chi connectivity index (χ3n) is 11.8. The van der Waals surface area contributed by atoms with Gasteiger partial charge in [-0.2, -0.15) is 4.98 Å². The average molecular weight is 1110 g/mol. The number of aromatic nitrogens is 7. The summed E-state index contributed by atoms with van der Waals surface area (Å²) < 4.78 is 79.2. The van der Waals surface area contributed by atoms with Crippen LogP contribution in [0.1, 0.15) is 35.6 Å². The van der Waals surface area contributed by atoms with Crippen LogP contribution in [0.25, 0.3) is 11.2 Å². The Morgan fingerprint density at radius 2 is 1.62 bits per heavy atom. The molecule has 9 N–H and O–H groups in total. The molecule has 0 bridgehead atoms. The van der Waals surface area contributed by atoms with Crippen molar-refractivity contribution < 1.29 is 80.2 Å². The van der Waals surface area contributed by atoms with Gasteiger partial charge in [0.2, 0.25) is 5.91 Å². The number of nitrogens with zero attached hydrogens (tertiary/aromatic N) is 8. The van der Waals surface area contributed by atoms with Gasteiger partial charge in [0, 0.05) is 45.0 Å². The summed E-state index contributed by atoms with van der Waals surface area (Å²) in [5.41, 5.74) is 12.9. The van der Waals surface area contributed by atoms with E-state index >= 15 is 0 Å². The van der Waals surface area contributed by atoms with E-state index in [-0.39, 0.29) is 54.6 Å². The number of imidazole rings is 1. The molecule has 2 amide bonds. The topological polar surface area (TPSA) is 404 Å². The van der Waals surface area contributed by atoms with Crippen LogP contribution in [0.15, 0.2) is 96.6 Å². The number of phosphoric ester groups is 2. The number of nitrogens with two attached hydrogens (primary N) is 2. The first-order valence-electron chi connectivity index (χ1n) is 23.1. The molecule has 6 heterocycles. The summed E-state index contributed by atoms with van der Waals surface area (Å²) in [7, 11) is -7.12. The molecule has 8 rings (SSSR count). The maximum absolute atomic E-state index is 14.4. The fourth-order valence-corrected chi connectivity index (χ4v) is 9.33. The van der Waals surface area contributed by atoms with E-state index in [4.69, 9.17) is 39.5 Å². The second-order valence-corrected chi connectivity index (χ2v) is 20.2. The largest absolute Gasteiger partial charge is 0.847 e. The van der Waals surface area contributed by atoms with Crippen LogP contribution in [0, 0.1) is 5.82 Å². The number of hydrogen-bond acceptors (Lipinski definition) is 22. The summed E-state index contributed by atoms with van der Waals surface area (Å²) in [4.78, 5) is 105. The number of carbonyl (C=O) groups is 3. The number of fused-ring (bicyclic) bond motifs is 1. The van der Waals surface area contributed by atoms with E-state index in [2.05, 4.69) is 40.1 Å². The molecule has 410 valence electrons. The van der Waals surface area contributed by atoms with Gasteiger partial charge < -0.3 is 65.7 Å². The van der Waals surface area contributed by atoms with E-state index in [1.807, 2.05) is 0 Å². The molecule has 4 aromatic heterocycles. The predicted molar refractivity (Wildman–Crippen MR) is 262 cm³/mol. The monoisotopic (exact) mass is 1110 g/mol. The van der Waals surface area contributed by atoms with Crippen molar-refractivity contribution >= 4 is 67.9 Å². The SMILES string of the molecule is CN(C)c1ccc(C[C@H](NC(=O)OCc2ccc(NC(=O)Cc3ccc(F)cc3)cc2)C(=O)O[C@@H]2C[C@H](n3cnc4c(N)ncnc43)O[C@@H]2COP(=O)(O)OC2C([O-])C(n3ccc(N)nc3=O)O[C@@H]2COP(=O)(O)O)cn1. The minimum Gasteiger partial charge on any atom is -0.847 e. The highest BCUT2D eigenvalue weighted by atomic mass is 31.2. The van der Waals surface area contributed by atoms with Crippen LogP contribution >= 0.6 is 15.6 Å². The molecule has 0 aliphatic carbocycles. The summed E-state index contributed by atoms with van der Waals surface area (Å²) in [6.45, 7) is -2.24. The Kier molecular flexibility index (Phi) is 17.4. The number of benzene rings is 2. The Bertz CT molecular complexity index is 3230. The van der Waals surface area contributed by atoms with Crippen molar-refractivity contribution in [2.45, 2.75) is 74.9 Å². The van der Waals surface area contributed by atoms with Gasteiger partial charge in [-0.3, -0.25) is 27.5 Å². The lowest BCUT2D eigenvalue weighted by atomic mass is 10.1. The van der Waals surface area contributed by atoms with Crippen molar-refractivity contribution in [1.82, 2.24) is 39.4 Å². The first-order chi connectivity index (χ1) is 36.6. The highest BCUT2D eigenvalue weighted by Gasteiger charge is 2.47. The number of nitrogens with one attached hydrogen (secondary N) is 2. The van der Waals surface area contributed by atoms with Crippen molar-refractivity contribution in [3.8, 4) is 0 Å². The van der Waals surface area contributed by atoms with Gasteiger partial charge in [-0.05, 0) is 59.2 Å². The molecule has 2 saturated heterocycles. The average Bonchev–Trinajstić information content (AvgIpc) is 4.16. The van der Waals surface area contributed by atoms with Gasteiger partial charge in [-0.1, -0.05) is 30.3 Å². The predicted octanol–water partition coefficient (Wildman–Crippen LogP) is 1.00. The molecule has 77 heavy (non-hydrogen) atoms. The minimum atomic E-state index is -5.45. The Balaban J connectivity index is 0.980. The standard InChI is InChI=1S/C45H50FN12O17P2/c1-56(2)34-12-7-26(18-49-34)15-29(54-45(63)69-19-25-5-10-28(11-6-25)53-35(59)16-24-3-8-27(46)9-4-24)43(61)74-30-17-36(58-23-52-37-40(48)50-22-51-41(37)58)72-31(30)20-71-77(67,68)75-39-32(21-70-76(64,65)66)73-42(38(39)60)57-14-13-33(47)55-44(57)62/h3-14,18,22-23,29-32,36,38-39,42H,15-17,19-21H2,1-2H3,(H,53,59)(H,54,63)(H,67,68)(H2,47,55,62)(H2,48,50,51)(H2,64,65,66)/q-1/t29-,30+,31+,32+,36+,38?,39?,42?/m0/s1. The number of amides is 2. The van der Waals surface area contributed by atoms with Crippen molar-refractivity contribution in [2.75, 3.05) is 49.0 Å². The zero-order chi connectivity index (χ0) is 55.2. The van der Waals surface area contributed by atoms with E-state index in [1.165, 1.54) is 47.7 Å². The number of pyridine rings is 1. The van der Waals surface area contributed by atoms with Crippen molar-refractivity contribution in [3.05, 3.63) is 125 Å². The third-order valence-corrected chi connectivity index (χ3v) is 13.3. The van der Waals surface area contributed by atoms with Crippen LogP contribution in [0.3, 0.4) is 0 Å². The van der Waals surface area contributed by atoms with Gasteiger partial charge in [0.1, 0.15) is 72.7 Å². The molecule has 2 fully saturated rings. The van der Waals surface area contributed by atoms with Gasteiger partial charge in [0.15, 0.2) is 11.5 Å². The molecule has 2 aromatic carbocycles. The van der Waals surface area contributed by atoms with Crippen molar-refractivity contribution in [2.24, 2.45) is 0 Å². The normalized spacial score (nSPS) is 21.5. The number of nitrogen functional groups attached to an aromatic ring is 2. The maximum Gasteiger partial charge on any atom is 0.472 e. The van der Waals surface area contributed by atoms with Gasteiger partial charge in [-0.25, -0.2) is 47.8 Å². The van der Waals surface area contributed by atoms with Gasteiger partial charge in [0.25, 0.3) is 0 Å². The minimum absolute atomic E-state index is 0.00251. The highest BCUT2D eigenvalue weighted by molar-refractivity contribution is 7.47. The van der Waals surface area contributed by atoms with Crippen LogP contribution in [0.4, 0.5) is 32.3 Å². The third kappa shape index (κ3) is 14.6. The molecule has 0 saturated carbocycles. The smallest absolute Gasteiger partial charge is 0.472 e. The number of phosphoric acid groups is 2. The Hall–Kier alpha value is -7.34. The fraction of sp³-hybridized carbons (Fsp3) is 0.356. The van der Waals surface area contributed by atoms with E-state index in [1.54, 1.807) is 55.4 Å². The van der Waals surface area contributed by atoms with Crippen molar-refractivity contribution in [1.29, 1.82) is 0 Å². The molecule has 0 radical (unpaired) electrons. The fourth-order valence-electron chi connectivity index (χ4n) is 8.03. The van der Waals surface area contributed by atoms with E-state index in [9.17, 15) is 52.5 Å². The summed E-state index contributed by atoms with van der Waals surface area (Å²) in [5.74, 6) is -1.40. The second-order valence-electron chi connectivity index (χ2n) is 17.6. The zero-order valence-electron chi connectivity index (χ0n) is 40.6. The molecular weight excluding hydrogens is 1060 g/mol. The van der Waals surface area contributed by atoms with Gasteiger partial charge >= 0.3 is 33.4 Å². The molecule has 29 nitrogen and oxygen atoms in total. The Labute approximate surface area is 435 Å². The number of halogens is 1. The van der Waals surface area contributed by atoms with E-state index in [0.717, 1.165) is 12.3 Å². The first-order valence-corrected chi connectivity index (χ1v) is 26.1. The number of carbonyl (C=O) groups excluding carboxylic acids is 3. The van der Waals surface area contributed by atoms with E-state index < -0.39 is 101 Å². The molecular formula is C45H50FN12O17P2-.